The van der Waals surface area contributed by atoms with E-state index in [2.05, 4.69) is 10.5 Å². The third kappa shape index (κ3) is 7.75. The number of thioether (sulfide) groups is 1. The van der Waals surface area contributed by atoms with E-state index in [4.69, 9.17) is 27.9 Å². The van der Waals surface area contributed by atoms with Crippen molar-refractivity contribution in [3.63, 3.8) is 0 Å². The van der Waals surface area contributed by atoms with Gasteiger partial charge in [-0.3, -0.25) is 4.79 Å². The third-order valence-electron chi connectivity index (χ3n) is 3.99. The van der Waals surface area contributed by atoms with Gasteiger partial charge in [0, 0.05) is 27.1 Å². The van der Waals surface area contributed by atoms with Crippen LogP contribution in [0.1, 0.15) is 17.5 Å². The number of nitrogens with one attached hydrogen (secondary N) is 1. The van der Waals surface area contributed by atoms with Crippen LogP contribution in [0.4, 0.5) is 0 Å². The Morgan fingerprint density at radius 2 is 1.77 bits per heavy atom. The summed E-state index contributed by atoms with van der Waals surface area (Å²) in [4.78, 5) is 13.0. The molecule has 0 saturated carbocycles. The normalized spacial score (nSPS) is 10.9. The first-order chi connectivity index (χ1) is 14.6. The van der Waals surface area contributed by atoms with Gasteiger partial charge in [0.2, 0.25) is 5.91 Å². The molecule has 0 aliphatic rings. The van der Waals surface area contributed by atoms with E-state index in [1.165, 1.54) is 0 Å². The molecule has 0 aromatic heterocycles. The number of amides is 1. The monoisotopic (exact) mass is 458 g/mol. The smallest absolute Gasteiger partial charge is 0.240 e. The Kier molecular flexibility index (Phi) is 8.63. The number of carbonyl (C=O) groups excluding carboxylic acids is 1. The van der Waals surface area contributed by atoms with Crippen LogP contribution >= 0.6 is 35.0 Å². The van der Waals surface area contributed by atoms with Crippen molar-refractivity contribution < 1.29 is 9.53 Å². The van der Waals surface area contributed by atoms with E-state index in [0.717, 1.165) is 21.8 Å². The fourth-order valence-electron chi connectivity index (χ4n) is 2.47. The van der Waals surface area contributed by atoms with E-state index in [0.29, 0.717) is 28.8 Å². The predicted molar refractivity (Wildman–Crippen MR) is 125 cm³/mol. The van der Waals surface area contributed by atoms with E-state index >= 15 is 0 Å². The number of hydrogen-bond acceptors (Lipinski definition) is 4. The second kappa shape index (κ2) is 11.6. The SMILES string of the molecule is O=C(CCSc1ccc(Cl)cc1)N/N=C\c1ccc(OCc2cccc(Cl)c2)cc1. The first-order valence-electron chi connectivity index (χ1n) is 9.26. The molecule has 3 aromatic carbocycles. The number of hydrazone groups is 1. The number of carbonyl (C=O) groups is 1. The first kappa shape index (κ1) is 22.2. The highest BCUT2D eigenvalue weighted by Gasteiger charge is 2.01. The van der Waals surface area contributed by atoms with Gasteiger partial charge in [0.05, 0.1) is 6.21 Å². The lowest BCUT2D eigenvalue weighted by Crippen LogP contribution is -2.17. The summed E-state index contributed by atoms with van der Waals surface area (Å²) in [5.41, 5.74) is 4.41. The number of nitrogens with zero attached hydrogens (tertiary/aromatic N) is 1. The molecule has 154 valence electrons. The standard InChI is InChI=1S/C23H20Cl2N2O2S/c24-19-6-10-22(11-7-19)30-13-12-23(28)27-26-15-17-4-8-21(9-5-17)29-16-18-2-1-3-20(25)14-18/h1-11,14-15H,12-13,16H2,(H,27,28)/b26-15-. The van der Waals surface area contributed by atoms with Crippen LogP contribution in [0.5, 0.6) is 5.75 Å². The van der Waals surface area contributed by atoms with Crippen LogP contribution in [0.25, 0.3) is 0 Å². The Hall–Kier alpha value is -2.47. The third-order valence-corrected chi connectivity index (χ3v) is 5.49. The van der Waals surface area contributed by atoms with Crippen molar-refractivity contribution in [1.82, 2.24) is 5.43 Å². The van der Waals surface area contributed by atoms with E-state index in [1.54, 1.807) is 18.0 Å². The van der Waals surface area contributed by atoms with Crippen LogP contribution in [0.15, 0.2) is 82.8 Å². The highest BCUT2D eigenvalue weighted by Crippen LogP contribution is 2.21. The average Bonchev–Trinajstić information content (AvgIpc) is 2.75. The van der Waals surface area contributed by atoms with E-state index in [9.17, 15) is 4.79 Å². The summed E-state index contributed by atoms with van der Waals surface area (Å²) < 4.78 is 5.75. The van der Waals surface area contributed by atoms with Crippen LogP contribution in [0.3, 0.4) is 0 Å². The Labute approximate surface area is 190 Å². The lowest BCUT2D eigenvalue weighted by Gasteiger charge is -2.06. The van der Waals surface area contributed by atoms with Crippen LogP contribution in [0, 0.1) is 0 Å². The minimum Gasteiger partial charge on any atom is -0.489 e. The molecular formula is C23H20Cl2N2O2S. The second-order valence-corrected chi connectivity index (χ2v) is 8.37. The number of rotatable bonds is 9. The number of halogens is 2. The largest absolute Gasteiger partial charge is 0.489 e. The summed E-state index contributed by atoms with van der Waals surface area (Å²) in [6, 6.07) is 22.6. The molecule has 0 unspecified atom stereocenters. The summed E-state index contributed by atoms with van der Waals surface area (Å²) >= 11 is 13.4. The van der Waals surface area contributed by atoms with Crippen LogP contribution in [-0.2, 0) is 11.4 Å². The van der Waals surface area contributed by atoms with Crippen molar-refractivity contribution in [2.75, 3.05) is 5.75 Å². The van der Waals surface area contributed by atoms with Gasteiger partial charge >= 0.3 is 0 Å². The molecule has 3 rings (SSSR count). The lowest BCUT2D eigenvalue weighted by molar-refractivity contribution is -0.120. The van der Waals surface area contributed by atoms with Gasteiger partial charge < -0.3 is 4.74 Å². The topological polar surface area (TPSA) is 50.7 Å². The molecule has 1 amide bonds. The zero-order valence-electron chi connectivity index (χ0n) is 16.1. The minimum absolute atomic E-state index is 0.130. The molecule has 0 heterocycles. The summed E-state index contributed by atoms with van der Waals surface area (Å²) in [6.45, 7) is 0.443. The maximum absolute atomic E-state index is 11.9. The van der Waals surface area contributed by atoms with Gasteiger partial charge in [0.1, 0.15) is 12.4 Å². The molecule has 0 bridgehead atoms. The van der Waals surface area contributed by atoms with Crippen LogP contribution < -0.4 is 10.2 Å². The van der Waals surface area contributed by atoms with Crippen molar-refractivity contribution >= 4 is 47.1 Å². The Balaban J connectivity index is 1.38. The van der Waals surface area contributed by atoms with Gasteiger partial charge in [-0.05, 0) is 71.8 Å². The van der Waals surface area contributed by atoms with Crippen LogP contribution in [0.2, 0.25) is 10.0 Å². The highest BCUT2D eigenvalue weighted by atomic mass is 35.5. The first-order valence-corrected chi connectivity index (χ1v) is 11.0. The van der Waals surface area contributed by atoms with Crippen molar-refractivity contribution in [1.29, 1.82) is 0 Å². The van der Waals surface area contributed by atoms with Gasteiger partial charge in [-0.25, -0.2) is 5.43 Å². The van der Waals surface area contributed by atoms with Crippen molar-refractivity contribution in [3.8, 4) is 5.75 Å². The van der Waals surface area contributed by atoms with Gasteiger partial charge in [0.25, 0.3) is 0 Å². The lowest BCUT2D eigenvalue weighted by atomic mass is 10.2. The quantitative estimate of drug-likeness (QED) is 0.235. The molecule has 0 aliphatic heterocycles. The van der Waals surface area contributed by atoms with Crippen molar-refractivity contribution in [3.05, 3.63) is 94.0 Å². The van der Waals surface area contributed by atoms with E-state index < -0.39 is 0 Å². The van der Waals surface area contributed by atoms with Gasteiger partial charge in [-0.2, -0.15) is 5.10 Å². The summed E-state index contributed by atoms with van der Waals surface area (Å²) in [7, 11) is 0. The molecule has 30 heavy (non-hydrogen) atoms. The fraction of sp³-hybridized carbons (Fsp3) is 0.130. The van der Waals surface area contributed by atoms with Gasteiger partial charge in [0.15, 0.2) is 0 Å². The predicted octanol–water partition coefficient (Wildman–Crippen LogP) is 6.20. The molecule has 0 fully saturated rings. The average molecular weight is 459 g/mol. The van der Waals surface area contributed by atoms with Crippen molar-refractivity contribution in [2.45, 2.75) is 17.9 Å². The highest BCUT2D eigenvalue weighted by molar-refractivity contribution is 7.99. The molecule has 3 aromatic rings. The number of ether oxygens (including phenoxy) is 1. The van der Waals surface area contributed by atoms with E-state index in [1.807, 2.05) is 72.8 Å². The molecule has 7 heteroatoms. The van der Waals surface area contributed by atoms with Crippen molar-refractivity contribution in [2.24, 2.45) is 5.10 Å². The molecule has 0 aliphatic carbocycles. The molecule has 4 nitrogen and oxygen atoms in total. The zero-order chi connectivity index (χ0) is 21.2. The summed E-state index contributed by atoms with van der Waals surface area (Å²) in [5, 5.41) is 5.39. The summed E-state index contributed by atoms with van der Waals surface area (Å²) in [6.07, 6.45) is 1.98. The molecule has 0 atom stereocenters. The minimum atomic E-state index is -0.130. The van der Waals surface area contributed by atoms with Crippen LogP contribution in [-0.4, -0.2) is 17.9 Å². The Morgan fingerprint density at radius 1 is 1.00 bits per heavy atom. The molecular weight excluding hydrogens is 439 g/mol. The van der Waals surface area contributed by atoms with Gasteiger partial charge in [-0.15, -0.1) is 11.8 Å². The second-order valence-electron chi connectivity index (χ2n) is 6.33. The Bertz CT molecular complexity index is 993. The molecule has 0 radical (unpaired) electrons. The van der Waals surface area contributed by atoms with Gasteiger partial charge in [-0.1, -0.05) is 35.3 Å². The molecule has 0 saturated heterocycles. The molecule has 0 spiro atoms. The van der Waals surface area contributed by atoms with E-state index in [-0.39, 0.29) is 5.91 Å². The number of hydrogen-bond donors (Lipinski definition) is 1. The molecule has 1 N–H and O–H groups in total. The maximum Gasteiger partial charge on any atom is 0.240 e. The maximum atomic E-state index is 11.9. The summed E-state index contributed by atoms with van der Waals surface area (Å²) in [5.74, 6) is 1.28. The Morgan fingerprint density at radius 3 is 2.50 bits per heavy atom. The zero-order valence-corrected chi connectivity index (χ0v) is 18.4. The fourth-order valence-corrected chi connectivity index (χ4v) is 3.66. The number of benzene rings is 3.